The number of ether oxygens (including phenoxy) is 3. The quantitative estimate of drug-likeness (QED) is 0.107. The van der Waals surface area contributed by atoms with E-state index in [1.54, 1.807) is 17.0 Å². The van der Waals surface area contributed by atoms with Gasteiger partial charge in [-0.05, 0) is 56.5 Å². The van der Waals surface area contributed by atoms with Gasteiger partial charge in [0.15, 0.2) is 6.10 Å². The van der Waals surface area contributed by atoms with Gasteiger partial charge in [-0.25, -0.2) is 4.79 Å². The lowest BCUT2D eigenvalue weighted by atomic mass is 10.1. The number of carbonyl (C=O) groups is 2. The standard InChI is InChI=1S/C17H21NO2.C14H9Cl2NO5/c1-4-18(5-2)17(19)13(3)20-16-12-8-10-14-9-6-7-11-15(14)16;1-21-14(18)10-7-9(3-4-12(10)17(19)20)22-13-5-2-8(15)6-11(13)16/h6-13H,4-5H2,1-3H3;2-7H,1H3. The van der Waals surface area contributed by atoms with E-state index >= 15 is 0 Å². The Balaban J connectivity index is 0.000000231. The maximum Gasteiger partial charge on any atom is 0.345 e. The number of amides is 1. The molecule has 9 nitrogen and oxygen atoms in total. The molecule has 0 aromatic heterocycles. The first kappa shape index (κ1) is 32.2. The molecule has 0 aliphatic carbocycles. The molecule has 0 aliphatic rings. The van der Waals surface area contributed by atoms with Gasteiger partial charge in [-0.1, -0.05) is 59.6 Å². The second-order valence-corrected chi connectivity index (χ2v) is 9.70. The number of esters is 1. The molecule has 0 saturated carbocycles. The highest BCUT2D eigenvalue weighted by Gasteiger charge is 2.22. The van der Waals surface area contributed by atoms with Crippen LogP contribution in [0.1, 0.15) is 31.1 Å². The van der Waals surface area contributed by atoms with Gasteiger partial charge in [-0.3, -0.25) is 14.9 Å². The van der Waals surface area contributed by atoms with E-state index < -0.39 is 17.0 Å². The zero-order chi connectivity index (χ0) is 30.8. The lowest BCUT2D eigenvalue weighted by molar-refractivity contribution is -0.385. The van der Waals surface area contributed by atoms with E-state index in [4.69, 9.17) is 32.7 Å². The third kappa shape index (κ3) is 8.11. The van der Waals surface area contributed by atoms with Crippen LogP contribution in [0, 0.1) is 10.1 Å². The molecule has 4 rings (SSSR count). The lowest BCUT2D eigenvalue weighted by Crippen LogP contribution is -2.40. The summed E-state index contributed by atoms with van der Waals surface area (Å²) in [4.78, 5) is 35.9. The number of benzene rings is 4. The number of methoxy groups -OCH3 is 1. The summed E-state index contributed by atoms with van der Waals surface area (Å²) in [6, 6.07) is 22.3. The Bertz CT molecular complexity index is 1570. The molecule has 0 bridgehead atoms. The zero-order valence-electron chi connectivity index (χ0n) is 23.5. The van der Waals surface area contributed by atoms with E-state index in [1.807, 2.05) is 63.2 Å². The first-order valence-electron chi connectivity index (χ1n) is 13.0. The Morgan fingerprint density at radius 2 is 1.62 bits per heavy atom. The number of likely N-dealkylation sites (N-methyl/N-ethyl adjacent to an activating group) is 1. The number of hydrogen-bond acceptors (Lipinski definition) is 7. The zero-order valence-corrected chi connectivity index (χ0v) is 25.0. The van der Waals surface area contributed by atoms with Crippen LogP contribution in [0.15, 0.2) is 78.9 Å². The van der Waals surface area contributed by atoms with Crippen molar-refractivity contribution in [1.82, 2.24) is 4.90 Å². The van der Waals surface area contributed by atoms with Gasteiger partial charge in [0.25, 0.3) is 11.6 Å². The van der Waals surface area contributed by atoms with Gasteiger partial charge < -0.3 is 19.1 Å². The number of nitro groups is 1. The van der Waals surface area contributed by atoms with Crippen LogP contribution in [-0.2, 0) is 9.53 Å². The van der Waals surface area contributed by atoms with Gasteiger partial charge in [-0.2, -0.15) is 0 Å². The van der Waals surface area contributed by atoms with Crippen molar-refractivity contribution >= 4 is 51.5 Å². The van der Waals surface area contributed by atoms with Crippen molar-refractivity contribution in [3.63, 3.8) is 0 Å². The minimum Gasteiger partial charge on any atom is -0.480 e. The summed E-state index contributed by atoms with van der Waals surface area (Å²) in [6.07, 6.45) is -0.472. The van der Waals surface area contributed by atoms with Crippen LogP contribution in [0.4, 0.5) is 5.69 Å². The molecule has 0 aliphatic heterocycles. The summed E-state index contributed by atoms with van der Waals surface area (Å²) >= 11 is 11.8. The van der Waals surface area contributed by atoms with Gasteiger partial charge in [-0.15, -0.1) is 0 Å². The van der Waals surface area contributed by atoms with E-state index in [0.29, 0.717) is 23.9 Å². The van der Waals surface area contributed by atoms with Crippen molar-refractivity contribution in [2.75, 3.05) is 20.2 Å². The van der Waals surface area contributed by atoms with Crippen LogP contribution in [0.5, 0.6) is 17.2 Å². The second-order valence-electron chi connectivity index (χ2n) is 8.85. The van der Waals surface area contributed by atoms with Crippen LogP contribution in [0.2, 0.25) is 10.0 Å². The highest BCUT2D eigenvalue weighted by molar-refractivity contribution is 6.35. The topological polar surface area (TPSA) is 108 Å². The molecular formula is C31H30Cl2N2O7. The van der Waals surface area contributed by atoms with Crippen molar-refractivity contribution < 1.29 is 28.7 Å². The summed E-state index contributed by atoms with van der Waals surface area (Å²) in [6.45, 7) is 7.18. The van der Waals surface area contributed by atoms with Crippen LogP contribution in [0.3, 0.4) is 0 Å². The van der Waals surface area contributed by atoms with E-state index in [2.05, 4.69) is 4.74 Å². The predicted octanol–water partition coefficient (Wildman–Crippen LogP) is 7.96. The fraction of sp³-hybridized carbons (Fsp3) is 0.226. The number of carbonyl (C=O) groups excluding carboxylic acids is 2. The van der Waals surface area contributed by atoms with Crippen LogP contribution in [0.25, 0.3) is 10.8 Å². The molecular weight excluding hydrogens is 583 g/mol. The minimum atomic E-state index is -0.834. The second kappa shape index (κ2) is 15.0. The fourth-order valence-corrected chi connectivity index (χ4v) is 4.48. The Labute approximate surface area is 253 Å². The van der Waals surface area contributed by atoms with E-state index in [9.17, 15) is 19.7 Å². The number of halogens is 2. The molecule has 1 amide bonds. The van der Waals surface area contributed by atoms with Crippen LogP contribution >= 0.6 is 23.2 Å². The van der Waals surface area contributed by atoms with Crippen molar-refractivity contribution in [3.05, 3.63) is 105 Å². The molecule has 11 heteroatoms. The van der Waals surface area contributed by atoms with E-state index in [1.165, 1.54) is 18.2 Å². The molecule has 220 valence electrons. The third-order valence-corrected chi connectivity index (χ3v) is 6.70. The van der Waals surface area contributed by atoms with E-state index in [0.717, 1.165) is 29.7 Å². The molecule has 0 fully saturated rings. The summed E-state index contributed by atoms with van der Waals surface area (Å²) < 4.78 is 15.9. The number of nitro benzene ring substituents is 1. The highest BCUT2D eigenvalue weighted by atomic mass is 35.5. The van der Waals surface area contributed by atoms with Crippen molar-refractivity contribution in [1.29, 1.82) is 0 Å². The third-order valence-electron chi connectivity index (χ3n) is 6.17. The Kier molecular flexibility index (Phi) is 11.5. The van der Waals surface area contributed by atoms with Crippen molar-refractivity contribution in [2.24, 2.45) is 0 Å². The van der Waals surface area contributed by atoms with Crippen molar-refractivity contribution in [3.8, 4) is 17.2 Å². The average molecular weight is 613 g/mol. The number of nitrogens with zero attached hydrogens (tertiary/aromatic N) is 2. The molecule has 42 heavy (non-hydrogen) atoms. The van der Waals surface area contributed by atoms with Crippen LogP contribution < -0.4 is 9.47 Å². The summed E-state index contributed by atoms with van der Waals surface area (Å²) in [5.74, 6) is 0.462. The smallest absolute Gasteiger partial charge is 0.345 e. The lowest BCUT2D eigenvalue weighted by Gasteiger charge is -2.23. The number of rotatable bonds is 9. The van der Waals surface area contributed by atoms with Gasteiger partial charge >= 0.3 is 5.97 Å². The monoisotopic (exact) mass is 612 g/mol. The van der Waals surface area contributed by atoms with Gasteiger partial charge in [0.2, 0.25) is 0 Å². The van der Waals surface area contributed by atoms with Gasteiger partial charge in [0.1, 0.15) is 22.8 Å². The first-order valence-corrected chi connectivity index (χ1v) is 13.8. The number of hydrogen-bond donors (Lipinski definition) is 0. The average Bonchev–Trinajstić information content (AvgIpc) is 2.99. The molecule has 0 radical (unpaired) electrons. The Morgan fingerprint density at radius 1 is 0.929 bits per heavy atom. The maximum absolute atomic E-state index is 12.2. The summed E-state index contributed by atoms with van der Waals surface area (Å²) in [5.41, 5.74) is -0.587. The van der Waals surface area contributed by atoms with Crippen molar-refractivity contribution in [2.45, 2.75) is 26.9 Å². The normalized spacial score (nSPS) is 11.1. The molecule has 1 atom stereocenters. The highest BCUT2D eigenvalue weighted by Crippen LogP contribution is 2.33. The van der Waals surface area contributed by atoms with Gasteiger partial charge in [0, 0.05) is 35.6 Å². The largest absolute Gasteiger partial charge is 0.480 e. The molecule has 0 saturated heterocycles. The Morgan fingerprint density at radius 3 is 2.26 bits per heavy atom. The van der Waals surface area contributed by atoms with Crippen LogP contribution in [-0.4, -0.2) is 48.0 Å². The van der Waals surface area contributed by atoms with E-state index in [-0.39, 0.29) is 27.9 Å². The van der Waals surface area contributed by atoms with Gasteiger partial charge in [0.05, 0.1) is 17.1 Å². The molecule has 0 spiro atoms. The first-order chi connectivity index (χ1) is 20.1. The molecule has 1 unspecified atom stereocenters. The Hall–Kier alpha value is -4.34. The molecule has 0 heterocycles. The number of fused-ring (bicyclic) bond motifs is 1. The summed E-state index contributed by atoms with van der Waals surface area (Å²) in [5, 5.41) is 13.8. The predicted molar refractivity (Wildman–Crippen MR) is 163 cm³/mol. The molecule has 4 aromatic rings. The molecule has 0 N–H and O–H groups in total. The SMILES string of the molecule is CCN(CC)C(=O)C(C)Oc1cccc2ccccc12.COC(=O)c1cc(Oc2ccc(Cl)cc2Cl)ccc1[N+](=O)[O-]. The fourth-order valence-electron chi connectivity index (χ4n) is 4.03. The molecule has 4 aromatic carbocycles. The summed E-state index contributed by atoms with van der Waals surface area (Å²) in [7, 11) is 1.13. The maximum atomic E-state index is 12.2. The minimum absolute atomic E-state index is 0.0305.